The van der Waals surface area contributed by atoms with Gasteiger partial charge in [0.15, 0.2) is 0 Å². The monoisotopic (exact) mass is 237 g/mol. The van der Waals surface area contributed by atoms with E-state index < -0.39 is 0 Å². The number of nitrogens with zero attached hydrogens (tertiary/aromatic N) is 2. The molecule has 84 valence electrons. The van der Waals surface area contributed by atoms with Gasteiger partial charge in [-0.15, -0.1) is 0 Å². The number of aromatic nitrogens is 3. The van der Waals surface area contributed by atoms with Crippen LogP contribution in [0.15, 0.2) is 30.6 Å². The molecule has 0 spiro atoms. The van der Waals surface area contributed by atoms with E-state index in [2.05, 4.69) is 20.6 Å². The van der Waals surface area contributed by atoms with E-state index in [1.807, 2.05) is 24.3 Å². The highest BCUT2D eigenvalue weighted by atomic mass is 35.5. The molecule has 0 aliphatic carbocycles. The molecular weight excluding hydrogens is 226 g/mol. The second-order valence-corrected chi connectivity index (χ2v) is 3.86. The Morgan fingerprint density at radius 2 is 2.12 bits per heavy atom. The molecule has 0 radical (unpaired) electrons. The van der Waals surface area contributed by atoms with Gasteiger partial charge in [-0.05, 0) is 24.1 Å². The third kappa shape index (κ3) is 2.57. The van der Waals surface area contributed by atoms with Crippen molar-refractivity contribution in [3.63, 3.8) is 0 Å². The fourth-order valence-electron chi connectivity index (χ4n) is 1.47. The SMILES string of the molecule is NNC(Cc1ccc(Cl)cc1)c1ncn[nH]1. The van der Waals surface area contributed by atoms with E-state index in [1.54, 1.807) is 0 Å². The van der Waals surface area contributed by atoms with Gasteiger partial charge in [-0.1, -0.05) is 23.7 Å². The first kappa shape index (κ1) is 11.1. The van der Waals surface area contributed by atoms with Crippen LogP contribution >= 0.6 is 11.6 Å². The highest BCUT2D eigenvalue weighted by Gasteiger charge is 2.12. The molecule has 0 saturated heterocycles. The number of nitrogens with one attached hydrogen (secondary N) is 2. The fourth-order valence-corrected chi connectivity index (χ4v) is 1.60. The third-order valence-electron chi connectivity index (χ3n) is 2.32. The quantitative estimate of drug-likeness (QED) is 0.552. The van der Waals surface area contributed by atoms with Crippen molar-refractivity contribution in [3.05, 3.63) is 47.0 Å². The van der Waals surface area contributed by atoms with E-state index in [0.29, 0.717) is 0 Å². The third-order valence-corrected chi connectivity index (χ3v) is 2.57. The van der Waals surface area contributed by atoms with Crippen molar-refractivity contribution in [2.75, 3.05) is 0 Å². The van der Waals surface area contributed by atoms with E-state index in [9.17, 15) is 0 Å². The second kappa shape index (κ2) is 5.07. The van der Waals surface area contributed by atoms with Crippen molar-refractivity contribution in [3.8, 4) is 0 Å². The Morgan fingerprint density at radius 3 is 2.69 bits per heavy atom. The predicted octanol–water partition coefficient (Wildman–Crippen LogP) is 1.21. The molecule has 1 heterocycles. The zero-order chi connectivity index (χ0) is 11.4. The molecule has 1 aromatic carbocycles. The van der Waals surface area contributed by atoms with Crippen molar-refractivity contribution >= 4 is 11.6 Å². The van der Waals surface area contributed by atoms with Crippen molar-refractivity contribution in [2.24, 2.45) is 5.84 Å². The van der Waals surface area contributed by atoms with Crippen LogP contribution in [0.25, 0.3) is 0 Å². The lowest BCUT2D eigenvalue weighted by Gasteiger charge is -2.12. The fraction of sp³-hybridized carbons (Fsp3) is 0.200. The number of H-pyrrole nitrogens is 1. The number of hydrogen-bond donors (Lipinski definition) is 3. The van der Waals surface area contributed by atoms with Gasteiger partial charge >= 0.3 is 0 Å². The maximum absolute atomic E-state index is 5.81. The summed E-state index contributed by atoms with van der Waals surface area (Å²) in [6.07, 6.45) is 2.18. The van der Waals surface area contributed by atoms with Crippen LogP contribution in [0, 0.1) is 0 Å². The molecule has 0 bridgehead atoms. The lowest BCUT2D eigenvalue weighted by atomic mass is 10.1. The molecule has 16 heavy (non-hydrogen) atoms. The van der Waals surface area contributed by atoms with Crippen LogP contribution in [0.3, 0.4) is 0 Å². The number of nitrogens with two attached hydrogens (primary N) is 1. The second-order valence-electron chi connectivity index (χ2n) is 3.42. The number of hydrazine groups is 1. The summed E-state index contributed by atoms with van der Waals surface area (Å²) >= 11 is 5.81. The minimum atomic E-state index is -0.0799. The molecule has 4 N–H and O–H groups in total. The van der Waals surface area contributed by atoms with E-state index >= 15 is 0 Å². The van der Waals surface area contributed by atoms with Crippen molar-refractivity contribution in [1.82, 2.24) is 20.6 Å². The first-order valence-electron chi connectivity index (χ1n) is 4.85. The summed E-state index contributed by atoms with van der Waals surface area (Å²) in [4.78, 5) is 4.07. The molecule has 0 aliphatic rings. The number of halogens is 1. The van der Waals surface area contributed by atoms with Crippen molar-refractivity contribution < 1.29 is 0 Å². The van der Waals surface area contributed by atoms with E-state index in [4.69, 9.17) is 17.4 Å². The molecule has 5 nitrogen and oxygen atoms in total. The van der Waals surface area contributed by atoms with Crippen LogP contribution in [0.5, 0.6) is 0 Å². The Balaban J connectivity index is 2.10. The van der Waals surface area contributed by atoms with Crippen molar-refractivity contribution in [2.45, 2.75) is 12.5 Å². The first-order valence-corrected chi connectivity index (χ1v) is 5.23. The molecule has 1 atom stereocenters. The summed E-state index contributed by atoms with van der Waals surface area (Å²) in [6.45, 7) is 0. The maximum atomic E-state index is 5.81. The Bertz CT molecular complexity index is 425. The zero-order valence-electron chi connectivity index (χ0n) is 8.52. The predicted molar refractivity (Wildman–Crippen MR) is 61.6 cm³/mol. The topological polar surface area (TPSA) is 79.6 Å². The molecular formula is C10H12ClN5. The Labute approximate surface area is 98.0 Å². The van der Waals surface area contributed by atoms with Crippen molar-refractivity contribution in [1.29, 1.82) is 0 Å². The van der Waals surface area contributed by atoms with Gasteiger partial charge in [-0.25, -0.2) is 10.4 Å². The zero-order valence-corrected chi connectivity index (χ0v) is 9.28. The standard InChI is InChI=1S/C10H12ClN5/c11-8-3-1-7(2-4-8)5-9(15-12)10-13-6-14-16-10/h1-4,6,9,15H,5,12H2,(H,13,14,16). The van der Waals surface area contributed by atoms with Gasteiger partial charge < -0.3 is 0 Å². The molecule has 0 amide bonds. The summed E-state index contributed by atoms with van der Waals surface area (Å²) in [6, 6.07) is 7.55. The van der Waals surface area contributed by atoms with Crippen LogP contribution in [0.1, 0.15) is 17.4 Å². The van der Waals surface area contributed by atoms with Crippen LogP contribution < -0.4 is 11.3 Å². The Morgan fingerprint density at radius 1 is 1.38 bits per heavy atom. The maximum Gasteiger partial charge on any atom is 0.143 e. The smallest absolute Gasteiger partial charge is 0.143 e. The van der Waals surface area contributed by atoms with Crippen LogP contribution in [-0.4, -0.2) is 15.2 Å². The highest BCUT2D eigenvalue weighted by molar-refractivity contribution is 6.30. The van der Waals surface area contributed by atoms with Gasteiger partial charge in [0, 0.05) is 5.02 Å². The largest absolute Gasteiger partial charge is 0.271 e. The summed E-state index contributed by atoms with van der Waals surface area (Å²) in [5.74, 6) is 6.20. The van der Waals surface area contributed by atoms with E-state index in [1.165, 1.54) is 6.33 Å². The lowest BCUT2D eigenvalue weighted by molar-refractivity contribution is 0.524. The van der Waals surface area contributed by atoms with Crippen LogP contribution in [0.2, 0.25) is 5.02 Å². The highest BCUT2D eigenvalue weighted by Crippen LogP contribution is 2.16. The lowest BCUT2D eigenvalue weighted by Crippen LogP contribution is -2.30. The van der Waals surface area contributed by atoms with Crippen LogP contribution in [-0.2, 0) is 6.42 Å². The number of rotatable bonds is 4. The molecule has 6 heteroatoms. The molecule has 0 aliphatic heterocycles. The number of benzene rings is 1. The molecule has 2 aromatic rings. The molecule has 1 unspecified atom stereocenters. The summed E-state index contributed by atoms with van der Waals surface area (Å²) in [5, 5.41) is 7.31. The Kier molecular flexibility index (Phi) is 3.51. The minimum absolute atomic E-state index is 0.0799. The van der Waals surface area contributed by atoms with Gasteiger partial charge in [0.1, 0.15) is 12.2 Å². The Hall–Kier alpha value is -1.43. The first-order chi connectivity index (χ1) is 7.79. The molecule has 1 aromatic heterocycles. The van der Waals surface area contributed by atoms with Gasteiger partial charge in [0.05, 0.1) is 6.04 Å². The average Bonchev–Trinajstić information content (AvgIpc) is 2.82. The summed E-state index contributed by atoms with van der Waals surface area (Å²) in [7, 11) is 0. The van der Waals surface area contributed by atoms with Gasteiger partial charge in [0.25, 0.3) is 0 Å². The van der Waals surface area contributed by atoms with Gasteiger partial charge in [-0.2, -0.15) is 5.10 Å². The van der Waals surface area contributed by atoms with Crippen LogP contribution in [0.4, 0.5) is 0 Å². The van der Waals surface area contributed by atoms with Gasteiger partial charge in [-0.3, -0.25) is 10.9 Å². The molecule has 2 rings (SSSR count). The minimum Gasteiger partial charge on any atom is -0.271 e. The van der Waals surface area contributed by atoms with E-state index in [0.717, 1.165) is 22.8 Å². The van der Waals surface area contributed by atoms with Gasteiger partial charge in [0.2, 0.25) is 0 Å². The number of hydrogen-bond acceptors (Lipinski definition) is 4. The average molecular weight is 238 g/mol. The summed E-state index contributed by atoms with van der Waals surface area (Å²) in [5.41, 5.74) is 3.83. The number of aromatic amines is 1. The summed E-state index contributed by atoms with van der Waals surface area (Å²) < 4.78 is 0. The normalized spacial score (nSPS) is 12.6. The van der Waals surface area contributed by atoms with E-state index in [-0.39, 0.29) is 6.04 Å². The molecule has 0 fully saturated rings. The molecule has 0 saturated carbocycles.